The molecule has 1 aromatic carbocycles. The van der Waals surface area contributed by atoms with Crippen molar-refractivity contribution in [3.05, 3.63) is 45.1 Å². The number of benzene rings is 1. The number of hydrogen-bond donors (Lipinski definition) is 2. The summed E-state index contributed by atoms with van der Waals surface area (Å²) in [6.07, 6.45) is 0. The van der Waals surface area contributed by atoms with Crippen molar-refractivity contribution in [2.24, 2.45) is 4.99 Å². The van der Waals surface area contributed by atoms with Gasteiger partial charge >= 0.3 is 0 Å². The van der Waals surface area contributed by atoms with E-state index in [0.717, 1.165) is 20.7 Å². The molecule has 7 heteroatoms. The minimum atomic E-state index is 0.224. The highest BCUT2D eigenvalue weighted by Gasteiger charge is 2.10. The molecule has 124 valence electrons. The van der Waals surface area contributed by atoms with Crippen LogP contribution in [0.1, 0.15) is 10.4 Å². The second kappa shape index (κ2) is 8.08. The molecule has 0 unspecified atom stereocenters. The number of methoxy groups -OCH3 is 1. The third-order valence-corrected chi connectivity index (χ3v) is 4.53. The molecule has 0 saturated heterocycles. The Morgan fingerprint density at radius 3 is 2.78 bits per heavy atom. The van der Waals surface area contributed by atoms with E-state index < -0.39 is 0 Å². The molecule has 1 aromatic heterocycles. The average Bonchev–Trinajstić information content (AvgIpc) is 2.94. The highest BCUT2D eigenvalue weighted by molar-refractivity contribution is 7.16. The number of rotatable bonds is 5. The molecule has 23 heavy (non-hydrogen) atoms. The first-order chi connectivity index (χ1) is 11.0. The summed E-state index contributed by atoms with van der Waals surface area (Å²) in [7, 11) is 5.28. The quantitative estimate of drug-likeness (QED) is 0.639. The summed E-state index contributed by atoms with van der Waals surface area (Å²) >= 11 is 7.51. The molecule has 0 atom stereocenters. The Hall–Kier alpha value is -1.92. The van der Waals surface area contributed by atoms with Crippen LogP contribution in [0.15, 0.2) is 35.3 Å². The van der Waals surface area contributed by atoms with Crippen molar-refractivity contribution in [3.8, 4) is 11.5 Å². The second-order valence-electron chi connectivity index (χ2n) is 4.96. The number of hydrogen-bond acceptors (Lipinski definition) is 4. The van der Waals surface area contributed by atoms with E-state index in [2.05, 4.69) is 10.3 Å². The number of guanidine groups is 1. The van der Waals surface area contributed by atoms with Crippen molar-refractivity contribution in [1.29, 1.82) is 0 Å². The largest absolute Gasteiger partial charge is 0.508 e. The Labute approximate surface area is 145 Å². The standard InChI is InChI=1S/C16H20ClN3O2S/c1-18-16(20(2)10-13-5-7-15(17)23-13)19-9-11-8-12(22-3)4-6-14(11)21/h4-8,21H,9-10H2,1-3H3,(H,18,19). The Morgan fingerprint density at radius 2 is 2.17 bits per heavy atom. The van der Waals surface area contributed by atoms with Gasteiger partial charge in [-0.2, -0.15) is 0 Å². The minimum Gasteiger partial charge on any atom is -0.508 e. The van der Waals surface area contributed by atoms with Crippen molar-refractivity contribution < 1.29 is 9.84 Å². The van der Waals surface area contributed by atoms with Crippen molar-refractivity contribution in [2.45, 2.75) is 13.1 Å². The molecule has 2 rings (SSSR count). The van der Waals surface area contributed by atoms with Crippen LogP contribution < -0.4 is 10.1 Å². The summed E-state index contributed by atoms with van der Waals surface area (Å²) < 4.78 is 5.96. The van der Waals surface area contributed by atoms with Gasteiger partial charge in [0.1, 0.15) is 11.5 Å². The molecular weight excluding hydrogens is 334 g/mol. The summed E-state index contributed by atoms with van der Waals surface area (Å²) in [5, 5.41) is 13.2. The lowest BCUT2D eigenvalue weighted by atomic mass is 10.2. The topological polar surface area (TPSA) is 57.1 Å². The van der Waals surface area contributed by atoms with Gasteiger partial charge in [0.15, 0.2) is 5.96 Å². The van der Waals surface area contributed by atoms with Crippen LogP contribution in [0.25, 0.3) is 0 Å². The molecule has 1 heterocycles. The number of aromatic hydroxyl groups is 1. The van der Waals surface area contributed by atoms with Crippen LogP contribution in [0, 0.1) is 0 Å². The Morgan fingerprint density at radius 1 is 1.39 bits per heavy atom. The van der Waals surface area contributed by atoms with E-state index in [-0.39, 0.29) is 5.75 Å². The molecule has 0 aliphatic carbocycles. The lowest BCUT2D eigenvalue weighted by molar-refractivity contribution is 0.410. The summed E-state index contributed by atoms with van der Waals surface area (Å²) in [6.45, 7) is 1.16. The normalized spacial score (nSPS) is 11.4. The fraction of sp³-hybridized carbons (Fsp3) is 0.312. The molecule has 0 fully saturated rings. The van der Waals surface area contributed by atoms with Crippen LogP contribution in [0.4, 0.5) is 0 Å². The van der Waals surface area contributed by atoms with Gasteiger partial charge in [-0.15, -0.1) is 11.3 Å². The highest BCUT2D eigenvalue weighted by Crippen LogP contribution is 2.23. The van der Waals surface area contributed by atoms with Crippen LogP contribution in [0.2, 0.25) is 4.34 Å². The van der Waals surface area contributed by atoms with Gasteiger partial charge < -0.3 is 20.1 Å². The maximum Gasteiger partial charge on any atom is 0.193 e. The van der Waals surface area contributed by atoms with E-state index in [1.54, 1.807) is 43.7 Å². The highest BCUT2D eigenvalue weighted by atomic mass is 35.5. The van der Waals surface area contributed by atoms with Crippen LogP contribution >= 0.6 is 22.9 Å². The minimum absolute atomic E-state index is 0.224. The first kappa shape index (κ1) is 17.4. The smallest absolute Gasteiger partial charge is 0.193 e. The molecule has 0 amide bonds. The Bertz CT molecular complexity index is 688. The third kappa shape index (κ3) is 4.77. The van der Waals surface area contributed by atoms with Gasteiger partial charge in [0.2, 0.25) is 0 Å². The predicted octanol–water partition coefficient (Wildman–Crippen LogP) is 3.32. The van der Waals surface area contributed by atoms with Crippen LogP contribution in [-0.2, 0) is 13.1 Å². The van der Waals surface area contributed by atoms with Gasteiger partial charge in [-0.3, -0.25) is 4.99 Å². The predicted molar refractivity (Wildman–Crippen MR) is 95.7 cm³/mol. The molecule has 0 radical (unpaired) electrons. The van der Waals surface area contributed by atoms with Gasteiger partial charge in [-0.25, -0.2) is 0 Å². The van der Waals surface area contributed by atoms with E-state index in [0.29, 0.717) is 18.8 Å². The molecule has 2 N–H and O–H groups in total. The van der Waals surface area contributed by atoms with Crippen LogP contribution in [-0.4, -0.2) is 37.2 Å². The van der Waals surface area contributed by atoms with Crippen molar-refractivity contribution in [2.75, 3.05) is 21.2 Å². The van der Waals surface area contributed by atoms with Gasteiger partial charge in [-0.1, -0.05) is 11.6 Å². The zero-order valence-corrected chi connectivity index (χ0v) is 14.9. The lowest BCUT2D eigenvalue weighted by Crippen LogP contribution is -2.37. The summed E-state index contributed by atoms with van der Waals surface area (Å²) in [4.78, 5) is 7.42. The first-order valence-corrected chi connectivity index (χ1v) is 8.24. The molecule has 0 saturated carbocycles. The second-order valence-corrected chi connectivity index (χ2v) is 6.76. The maximum absolute atomic E-state index is 9.93. The Balaban J connectivity index is 1.99. The number of halogens is 1. The van der Waals surface area contributed by atoms with Gasteiger partial charge in [0.25, 0.3) is 0 Å². The zero-order chi connectivity index (χ0) is 16.8. The maximum atomic E-state index is 9.93. The average molecular weight is 354 g/mol. The van der Waals surface area contributed by atoms with Crippen molar-refractivity contribution in [3.63, 3.8) is 0 Å². The van der Waals surface area contributed by atoms with Crippen LogP contribution in [0.3, 0.4) is 0 Å². The van der Waals surface area contributed by atoms with Crippen molar-refractivity contribution >= 4 is 28.9 Å². The summed E-state index contributed by atoms with van der Waals surface area (Å²) in [5.41, 5.74) is 0.748. The van der Waals surface area contributed by atoms with E-state index in [1.165, 1.54) is 0 Å². The number of phenolic OH excluding ortho intramolecular Hbond substituents is 1. The molecular formula is C16H20ClN3O2S. The third-order valence-electron chi connectivity index (χ3n) is 3.32. The fourth-order valence-corrected chi connectivity index (χ4v) is 3.28. The van der Waals surface area contributed by atoms with Gasteiger partial charge in [-0.05, 0) is 30.3 Å². The van der Waals surface area contributed by atoms with E-state index in [4.69, 9.17) is 16.3 Å². The Kier molecular flexibility index (Phi) is 6.12. The number of thiophene rings is 1. The van der Waals surface area contributed by atoms with Gasteiger partial charge in [0.05, 0.1) is 18.0 Å². The van der Waals surface area contributed by atoms with Crippen molar-refractivity contribution in [1.82, 2.24) is 10.2 Å². The molecule has 0 bridgehead atoms. The zero-order valence-electron chi connectivity index (χ0n) is 13.3. The monoisotopic (exact) mass is 353 g/mol. The summed E-state index contributed by atoms with van der Waals surface area (Å²) in [5.74, 6) is 1.66. The van der Waals surface area contributed by atoms with E-state index in [1.807, 2.05) is 24.1 Å². The number of phenols is 1. The molecule has 0 spiro atoms. The molecule has 5 nitrogen and oxygen atoms in total. The number of ether oxygens (including phenoxy) is 1. The molecule has 0 aliphatic heterocycles. The molecule has 2 aromatic rings. The summed E-state index contributed by atoms with van der Waals surface area (Å²) in [6, 6.07) is 9.04. The van der Waals surface area contributed by atoms with Crippen LogP contribution in [0.5, 0.6) is 11.5 Å². The number of aliphatic imine (C=N–C) groups is 1. The van der Waals surface area contributed by atoms with E-state index in [9.17, 15) is 5.11 Å². The molecule has 0 aliphatic rings. The van der Waals surface area contributed by atoms with E-state index >= 15 is 0 Å². The van der Waals surface area contributed by atoms with Gasteiger partial charge in [0, 0.05) is 31.1 Å². The SMILES string of the molecule is CN=C(NCc1cc(OC)ccc1O)N(C)Cc1ccc(Cl)s1. The number of nitrogens with one attached hydrogen (secondary N) is 1. The first-order valence-electron chi connectivity index (χ1n) is 7.05. The number of nitrogens with zero attached hydrogens (tertiary/aromatic N) is 2. The fourth-order valence-electron chi connectivity index (χ4n) is 2.13. The lowest BCUT2D eigenvalue weighted by Gasteiger charge is -2.21.